The number of nitrogens with zero attached hydrogens (tertiary/aromatic N) is 3. The first-order valence-corrected chi connectivity index (χ1v) is 7.99. The number of rotatable bonds is 4. The van der Waals surface area contributed by atoms with Gasteiger partial charge in [-0.2, -0.15) is 0 Å². The number of hydrogen-bond donors (Lipinski definition) is 0. The second-order valence-corrected chi connectivity index (χ2v) is 5.63. The van der Waals surface area contributed by atoms with Gasteiger partial charge >= 0.3 is 5.97 Å². The topological polar surface area (TPSA) is 66.2 Å². The molecule has 2 aromatic rings. The molecule has 6 heteroatoms. The number of ether oxygens (including phenoxy) is 2. The van der Waals surface area contributed by atoms with E-state index in [0.717, 1.165) is 42.4 Å². The number of carbonyl (C=O) groups is 1. The van der Waals surface area contributed by atoms with Gasteiger partial charge in [0.15, 0.2) is 0 Å². The molecule has 23 heavy (non-hydrogen) atoms. The quantitative estimate of drug-likeness (QED) is 0.812. The Balaban J connectivity index is 1.91. The third kappa shape index (κ3) is 3.59. The summed E-state index contributed by atoms with van der Waals surface area (Å²) < 4.78 is 12.3. The molecular weight excluding hydrogens is 294 g/mol. The number of carbonyl (C=O) groups excluding carboxylic acids is 1. The zero-order valence-electron chi connectivity index (χ0n) is 13.3. The fourth-order valence-electron chi connectivity index (χ4n) is 2.86. The molecule has 0 N–H and O–H groups in total. The van der Waals surface area contributed by atoms with Crippen molar-refractivity contribution >= 4 is 22.7 Å². The first-order valence-electron chi connectivity index (χ1n) is 7.99. The molecule has 0 saturated heterocycles. The molecule has 1 unspecified atom stereocenters. The average Bonchev–Trinajstić information content (AvgIpc) is 2.98. The van der Waals surface area contributed by atoms with Crippen LogP contribution in [-0.2, 0) is 14.3 Å². The maximum Gasteiger partial charge on any atom is 0.331 e. The minimum Gasteiger partial charge on any atom is -0.467 e. The predicted octanol–water partition coefficient (Wildman–Crippen LogP) is 2.79. The van der Waals surface area contributed by atoms with Crippen molar-refractivity contribution in [3.8, 4) is 0 Å². The van der Waals surface area contributed by atoms with Gasteiger partial charge < -0.3 is 9.47 Å². The van der Waals surface area contributed by atoms with Gasteiger partial charge in [-0.1, -0.05) is 36.3 Å². The Labute approximate surface area is 135 Å². The number of allylic oxidation sites excluding steroid dienone is 1. The molecule has 1 aliphatic carbocycles. The van der Waals surface area contributed by atoms with Crippen molar-refractivity contribution in [2.24, 2.45) is 0 Å². The highest BCUT2D eigenvalue weighted by Gasteiger charge is 2.22. The molecular formula is C17H21N3O3. The number of methoxy groups -OCH3 is 1. The van der Waals surface area contributed by atoms with Gasteiger partial charge in [-0.15, -0.1) is 5.10 Å². The predicted molar refractivity (Wildman–Crippen MR) is 86.6 cm³/mol. The fraction of sp³-hybridized carbons (Fsp3) is 0.471. The van der Waals surface area contributed by atoms with Gasteiger partial charge in [0, 0.05) is 0 Å². The third-order valence-electron chi connectivity index (χ3n) is 4.08. The van der Waals surface area contributed by atoms with Gasteiger partial charge in [0.05, 0.1) is 18.3 Å². The molecule has 6 nitrogen and oxygen atoms in total. The van der Waals surface area contributed by atoms with Crippen LogP contribution in [0.4, 0.5) is 0 Å². The summed E-state index contributed by atoms with van der Waals surface area (Å²) in [5.41, 5.74) is 2.76. The van der Waals surface area contributed by atoms with Crippen LogP contribution in [0, 0.1) is 0 Å². The van der Waals surface area contributed by atoms with Crippen molar-refractivity contribution in [2.75, 3.05) is 13.7 Å². The molecule has 0 bridgehead atoms. The van der Waals surface area contributed by atoms with Crippen molar-refractivity contribution < 1.29 is 14.3 Å². The summed E-state index contributed by atoms with van der Waals surface area (Å²) in [5, 5.41) is 8.51. The van der Waals surface area contributed by atoms with Crippen molar-refractivity contribution in [1.29, 1.82) is 0 Å². The molecule has 0 radical (unpaired) electrons. The minimum absolute atomic E-state index is 0.0505. The SMILES string of the molecule is COC(=O)COC1CCCCCC=C1n1nnc2ccccc21. The molecule has 1 aromatic heterocycles. The van der Waals surface area contributed by atoms with Gasteiger partial charge in [-0.25, -0.2) is 9.48 Å². The smallest absolute Gasteiger partial charge is 0.331 e. The van der Waals surface area contributed by atoms with Crippen LogP contribution in [0.25, 0.3) is 16.7 Å². The standard InChI is InChI=1S/C17H21N3O3/c1-22-17(21)12-23-16-11-5-3-2-4-10-15(16)20-14-9-7-6-8-13(14)18-19-20/h6-10,16H,2-5,11-12H2,1H3. The van der Waals surface area contributed by atoms with E-state index in [1.165, 1.54) is 13.5 Å². The summed E-state index contributed by atoms with van der Waals surface area (Å²) in [7, 11) is 1.37. The second-order valence-electron chi connectivity index (χ2n) is 5.63. The zero-order chi connectivity index (χ0) is 16.1. The first-order chi connectivity index (χ1) is 11.3. The van der Waals surface area contributed by atoms with E-state index < -0.39 is 0 Å². The number of benzene rings is 1. The summed E-state index contributed by atoms with van der Waals surface area (Å²) in [6, 6.07) is 7.84. The Bertz CT molecular complexity index is 708. The molecule has 1 aromatic carbocycles. The van der Waals surface area contributed by atoms with E-state index in [4.69, 9.17) is 4.74 Å². The Kier molecular flexibility index (Phi) is 5.02. The number of para-hydroxylation sites is 1. The van der Waals surface area contributed by atoms with Crippen molar-refractivity contribution in [3.63, 3.8) is 0 Å². The maximum atomic E-state index is 11.4. The molecule has 0 aliphatic heterocycles. The van der Waals surface area contributed by atoms with Crippen molar-refractivity contribution in [1.82, 2.24) is 15.0 Å². The largest absolute Gasteiger partial charge is 0.467 e. The lowest BCUT2D eigenvalue weighted by atomic mass is 10.0. The highest BCUT2D eigenvalue weighted by atomic mass is 16.6. The Hall–Kier alpha value is -2.21. The Morgan fingerprint density at radius 1 is 1.30 bits per heavy atom. The number of hydrogen-bond acceptors (Lipinski definition) is 5. The lowest BCUT2D eigenvalue weighted by molar-refractivity contribution is -0.147. The van der Waals surface area contributed by atoms with E-state index in [-0.39, 0.29) is 18.7 Å². The monoisotopic (exact) mass is 315 g/mol. The van der Waals surface area contributed by atoms with E-state index in [2.05, 4.69) is 21.1 Å². The first kappa shape index (κ1) is 15.7. The third-order valence-corrected chi connectivity index (χ3v) is 4.08. The Morgan fingerprint density at radius 2 is 2.17 bits per heavy atom. The lowest BCUT2D eigenvalue weighted by Crippen LogP contribution is -2.24. The van der Waals surface area contributed by atoms with Gasteiger partial charge in [0.2, 0.25) is 0 Å². The maximum absolute atomic E-state index is 11.4. The second kappa shape index (κ2) is 7.37. The molecule has 0 spiro atoms. The van der Waals surface area contributed by atoms with Crippen LogP contribution >= 0.6 is 0 Å². The highest BCUT2D eigenvalue weighted by molar-refractivity contribution is 5.78. The molecule has 0 amide bonds. The summed E-state index contributed by atoms with van der Waals surface area (Å²) >= 11 is 0. The van der Waals surface area contributed by atoms with E-state index in [9.17, 15) is 4.79 Å². The van der Waals surface area contributed by atoms with Gasteiger partial charge in [0.25, 0.3) is 0 Å². The zero-order valence-corrected chi connectivity index (χ0v) is 13.3. The number of esters is 1. The normalized spacial score (nSPS) is 19.0. The molecule has 1 aliphatic rings. The summed E-state index contributed by atoms with van der Waals surface area (Å²) in [6.07, 6.45) is 7.19. The van der Waals surface area contributed by atoms with Crippen LogP contribution in [0.5, 0.6) is 0 Å². The Morgan fingerprint density at radius 3 is 3.04 bits per heavy atom. The highest BCUT2D eigenvalue weighted by Crippen LogP contribution is 2.26. The molecule has 0 fully saturated rings. The van der Waals surface area contributed by atoms with Gasteiger partial charge in [0.1, 0.15) is 18.2 Å². The average molecular weight is 315 g/mol. The van der Waals surface area contributed by atoms with E-state index in [1.54, 1.807) is 0 Å². The van der Waals surface area contributed by atoms with Gasteiger partial charge in [-0.3, -0.25) is 0 Å². The lowest BCUT2D eigenvalue weighted by Gasteiger charge is -2.22. The van der Waals surface area contributed by atoms with E-state index in [0.29, 0.717) is 0 Å². The molecule has 122 valence electrons. The van der Waals surface area contributed by atoms with Crippen LogP contribution in [0.15, 0.2) is 30.3 Å². The van der Waals surface area contributed by atoms with Crippen LogP contribution < -0.4 is 0 Å². The minimum atomic E-state index is -0.366. The summed E-state index contributed by atoms with van der Waals surface area (Å²) in [5.74, 6) is -0.366. The molecule has 0 saturated carbocycles. The number of fused-ring (bicyclic) bond motifs is 1. The number of aromatic nitrogens is 3. The summed E-state index contributed by atoms with van der Waals surface area (Å²) in [4.78, 5) is 11.4. The van der Waals surface area contributed by atoms with Gasteiger partial charge in [-0.05, 0) is 31.4 Å². The van der Waals surface area contributed by atoms with Crippen LogP contribution in [0.1, 0.15) is 32.1 Å². The van der Waals surface area contributed by atoms with Crippen LogP contribution in [0.2, 0.25) is 0 Å². The van der Waals surface area contributed by atoms with Crippen LogP contribution in [0.3, 0.4) is 0 Å². The van der Waals surface area contributed by atoms with Crippen molar-refractivity contribution in [3.05, 3.63) is 30.3 Å². The molecule has 1 atom stereocenters. The van der Waals surface area contributed by atoms with E-state index in [1.807, 2.05) is 28.9 Å². The molecule has 1 heterocycles. The van der Waals surface area contributed by atoms with E-state index >= 15 is 0 Å². The fourth-order valence-corrected chi connectivity index (χ4v) is 2.86. The summed E-state index contributed by atoms with van der Waals surface area (Å²) in [6.45, 7) is -0.0505. The van der Waals surface area contributed by atoms with Crippen LogP contribution in [-0.4, -0.2) is 40.8 Å². The van der Waals surface area contributed by atoms with Crippen molar-refractivity contribution in [2.45, 2.75) is 38.2 Å². The molecule has 3 rings (SSSR count).